The monoisotopic (exact) mass is 320 g/mol. The number of nitrogens with zero attached hydrogens (tertiary/aromatic N) is 1. The number of hydrogen-bond donors (Lipinski definition) is 1. The number of aryl methyl sites for hydroxylation is 1. The standard InChI is InChI=1S/C14H11FN2O4.C2H6/c1-6-4-7-8(5-9(6)15)14(21)17(13(7)20)10-2-3-11(18)16-12(10)19;1-2/h4-5,10H,2-3H2,1H3,(H,16,18,19);1-2H3. The lowest BCUT2D eigenvalue weighted by molar-refractivity contribution is -0.136. The SMILES string of the molecule is CC.Cc1cc2c(cc1F)C(=O)N(C1CCC(=O)NC1=O)C2=O. The van der Waals surface area contributed by atoms with Crippen molar-refractivity contribution in [2.75, 3.05) is 0 Å². The summed E-state index contributed by atoms with van der Waals surface area (Å²) in [5, 5.41) is 2.10. The Labute approximate surface area is 132 Å². The molecule has 0 saturated carbocycles. The lowest BCUT2D eigenvalue weighted by Crippen LogP contribution is -2.54. The van der Waals surface area contributed by atoms with E-state index in [1.54, 1.807) is 0 Å². The van der Waals surface area contributed by atoms with Crippen molar-refractivity contribution in [1.29, 1.82) is 0 Å². The van der Waals surface area contributed by atoms with E-state index in [1.165, 1.54) is 13.0 Å². The summed E-state index contributed by atoms with van der Waals surface area (Å²) < 4.78 is 13.6. The average molecular weight is 320 g/mol. The summed E-state index contributed by atoms with van der Waals surface area (Å²) >= 11 is 0. The fourth-order valence-electron chi connectivity index (χ4n) is 2.60. The summed E-state index contributed by atoms with van der Waals surface area (Å²) in [4.78, 5) is 48.3. The maximum atomic E-state index is 13.6. The number of amides is 4. The third-order valence-corrected chi connectivity index (χ3v) is 3.72. The Bertz CT molecular complexity index is 673. The van der Waals surface area contributed by atoms with Crippen LogP contribution in [0.5, 0.6) is 0 Å². The summed E-state index contributed by atoms with van der Waals surface area (Å²) in [6, 6.07) is 1.28. The molecule has 23 heavy (non-hydrogen) atoms. The Hall–Kier alpha value is -2.57. The van der Waals surface area contributed by atoms with Gasteiger partial charge in [0.2, 0.25) is 11.8 Å². The molecular weight excluding hydrogens is 303 g/mol. The topological polar surface area (TPSA) is 83.6 Å². The minimum absolute atomic E-state index is 0.0483. The minimum atomic E-state index is -1.03. The molecule has 4 amide bonds. The second kappa shape index (κ2) is 6.28. The first kappa shape index (κ1) is 16.8. The highest BCUT2D eigenvalue weighted by Gasteiger charge is 2.44. The van der Waals surface area contributed by atoms with E-state index in [2.05, 4.69) is 5.32 Å². The van der Waals surface area contributed by atoms with Gasteiger partial charge >= 0.3 is 0 Å². The second-order valence-corrected chi connectivity index (χ2v) is 5.09. The molecule has 1 saturated heterocycles. The van der Waals surface area contributed by atoms with E-state index in [4.69, 9.17) is 0 Å². The predicted octanol–water partition coefficient (Wildman–Crippen LogP) is 1.56. The molecule has 1 atom stereocenters. The molecule has 6 nitrogen and oxygen atoms in total. The zero-order valence-electron chi connectivity index (χ0n) is 13.1. The van der Waals surface area contributed by atoms with E-state index >= 15 is 0 Å². The van der Waals surface area contributed by atoms with Crippen molar-refractivity contribution in [2.24, 2.45) is 0 Å². The third-order valence-electron chi connectivity index (χ3n) is 3.72. The van der Waals surface area contributed by atoms with Crippen molar-refractivity contribution in [3.05, 3.63) is 34.6 Å². The highest BCUT2D eigenvalue weighted by atomic mass is 19.1. The van der Waals surface area contributed by atoms with Gasteiger partial charge in [0, 0.05) is 6.42 Å². The Kier molecular flexibility index (Phi) is 4.58. The van der Waals surface area contributed by atoms with Crippen LogP contribution in [0.2, 0.25) is 0 Å². The molecule has 0 aliphatic carbocycles. The number of hydrogen-bond acceptors (Lipinski definition) is 4. The van der Waals surface area contributed by atoms with Gasteiger partial charge in [-0.15, -0.1) is 0 Å². The van der Waals surface area contributed by atoms with Gasteiger partial charge in [-0.25, -0.2) is 4.39 Å². The van der Waals surface area contributed by atoms with E-state index in [1.807, 2.05) is 13.8 Å². The fourth-order valence-corrected chi connectivity index (χ4v) is 2.60. The van der Waals surface area contributed by atoms with E-state index < -0.39 is 35.5 Å². The van der Waals surface area contributed by atoms with Gasteiger partial charge in [0.05, 0.1) is 11.1 Å². The molecule has 1 aromatic carbocycles. The van der Waals surface area contributed by atoms with Gasteiger partial charge in [0.25, 0.3) is 11.8 Å². The summed E-state index contributed by atoms with van der Waals surface area (Å²) in [6.45, 7) is 5.49. The van der Waals surface area contributed by atoms with Gasteiger partial charge in [0.1, 0.15) is 11.9 Å². The van der Waals surface area contributed by atoms with Crippen LogP contribution in [0.3, 0.4) is 0 Å². The number of halogens is 1. The number of piperidine rings is 1. The third kappa shape index (κ3) is 2.74. The first-order chi connectivity index (χ1) is 10.9. The fraction of sp³-hybridized carbons (Fsp3) is 0.375. The molecule has 0 bridgehead atoms. The van der Waals surface area contributed by atoms with Gasteiger partial charge < -0.3 is 0 Å². The number of imide groups is 2. The van der Waals surface area contributed by atoms with Crippen LogP contribution in [-0.2, 0) is 9.59 Å². The van der Waals surface area contributed by atoms with E-state index in [-0.39, 0.29) is 29.5 Å². The summed E-state index contributed by atoms with van der Waals surface area (Å²) in [5.41, 5.74) is 0.288. The Morgan fingerprint density at radius 2 is 1.65 bits per heavy atom. The number of nitrogens with one attached hydrogen (secondary N) is 1. The summed E-state index contributed by atoms with van der Waals surface area (Å²) in [5.74, 6) is -3.04. The highest BCUT2D eigenvalue weighted by Crippen LogP contribution is 2.29. The van der Waals surface area contributed by atoms with Crippen LogP contribution in [-0.4, -0.2) is 34.6 Å². The summed E-state index contributed by atoms with van der Waals surface area (Å²) in [7, 11) is 0. The zero-order chi connectivity index (χ0) is 17.3. The molecule has 1 N–H and O–H groups in total. The second-order valence-electron chi connectivity index (χ2n) is 5.09. The van der Waals surface area contributed by atoms with Crippen LogP contribution < -0.4 is 5.32 Å². The number of rotatable bonds is 1. The number of fused-ring (bicyclic) bond motifs is 1. The minimum Gasteiger partial charge on any atom is -0.295 e. The van der Waals surface area contributed by atoms with Crippen LogP contribution >= 0.6 is 0 Å². The smallest absolute Gasteiger partial charge is 0.262 e. The highest BCUT2D eigenvalue weighted by molar-refractivity contribution is 6.23. The van der Waals surface area contributed by atoms with Crippen LogP contribution in [0.15, 0.2) is 12.1 Å². The average Bonchev–Trinajstić information content (AvgIpc) is 2.74. The van der Waals surface area contributed by atoms with Gasteiger partial charge in [-0.1, -0.05) is 13.8 Å². The first-order valence-corrected chi connectivity index (χ1v) is 7.42. The Balaban J connectivity index is 0.000000924. The molecule has 0 aromatic heterocycles. The lowest BCUT2D eigenvalue weighted by Gasteiger charge is -2.27. The maximum absolute atomic E-state index is 13.6. The molecule has 2 heterocycles. The van der Waals surface area contributed by atoms with E-state index in [0.29, 0.717) is 0 Å². The molecule has 122 valence electrons. The molecule has 2 aliphatic heterocycles. The molecule has 3 rings (SSSR count). The van der Waals surface area contributed by atoms with Crippen molar-refractivity contribution in [3.63, 3.8) is 0 Å². The van der Waals surface area contributed by atoms with Gasteiger partial charge in [0.15, 0.2) is 0 Å². The molecule has 1 unspecified atom stereocenters. The van der Waals surface area contributed by atoms with Gasteiger partial charge in [-0.05, 0) is 31.0 Å². The van der Waals surface area contributed by atoms with Crippen molar-refractivity contribution in [3.8, 4) is 0 Å². The number of benzene rings is 1. The van der Waals surface area contributed by atoms with E-state index in [9.17, 15) is 23.6 Å². The van der Waals surface area contributed by atoms with Gasteiger partial charge in [-0.3, -0.25) is 29.4 Å². The zero-order valence-corrected chi connectivity index (χ0v) is 13.1. The first-order valence-electron chi connectivity index (χ1n) is 7.42. The molecule has 0 radical (unpaired) electrons. The normalized spacial score (nSPS) is 20.0. The molecule has 2 aliphatic rings. The van der Waals surface area contributed by atoms with Crippen molar-refractivity contribution in [2.45, 2.75) is 39.7 Å². The van der Waals surface area contributed by atoms with Crippen LogP contribution in [0, 0.1) is 12.7 Å². The Morgan fingerprint density at radius 1 is 1.09 bits per heavy atom. The van der Waals surface area contributed by atoms with Crippen molar-refractivity contribution < 1.29 is 23.6 Å². The van der Waals surface area contributed by atoms with Gasteiger partial charge in [-0.2, -0.15) is 0 Å². The van der Waals surface area contributed by atoms with Crippen molar-refractivity contribution in [1.82, 2.24) is 10.2 Å². The largest absolute Gasteiger partial charge is 0.295 e. The molecule has 7 heteroatoms. The van der Waals surface area contributed by atoms with Crippen LogP contribution in [0.1, 0.15) is 53.0 Å². The van der Waals surface area contributed by atoms with Crippen molar-refractivity contribution >= 4 is 23.6 Å². The maximum Gasteiger partial charge on any atom is 0.262 e. The summed E-state index contributed by atoms with van der Waals surface area (Å²) in [6.07, 6.45) is 0.134. The lowest BCUT2D eigenvalue weighted by atomic mass is 10.0. The molecule has 1 fully saturated rings. The number of carbonyl (C=O) groups is 4. The molecule has 0 spiro atoms. The molecule has 1 aromatic rings. The van der Waals surface area contributed by atoms with E-state index in [0.717, 1.165) is 11.0 Å². The van der Waals surface area contributed by atoms with Crippen LogP contribution in [0.25, 0.3) is 0 Å². The number of carbonyl (C=O) groups excluding carboxylic acids is 4. The molecular formula is C16H17FN2O4. The quantitative estimate of drug-likeness (QED) is 0.796. The van der Waals surface area contributed by atoms with Crippen LogP contribution in [0.4, 0.5) is 4.39 Å². The predicted molar refractivity (Wildman–Crippen MR) is 79.2 cm³/mol. The Morgan fingerprint density at radius 3 is 2.22 bits per heavy atom.